The molecule has 0 bridgehead atoms. The van der Waals surface area contributed by atoms with E-state index in [1.165, 1.54) is 31.4 Å². The summed E-state index contributed by atoms with van der Waals surface area (Å²) in [4.78, 5) is 5.46. The van der Waals surface area contributed by atoms with Crippen molar-refractivity contribution in [2.45, 2.75) is 32.1 Å². The zero-order valence-corrected chi connectivity index (χ0v) is 9.02. The Bertz CT molecular complexity index is 118. The summed E-state index contributed by atoms with van der Waals surface area (Å²) in [6.07, 6.45) is 6.14. The van der Waals surface area contributed by atoms with Gasteiger partial charge in [-0.2, -0.15) is 0 Å². The number of nitrogens with zero attached hydrogens (tertiary/aromatic N) is 1. The van der Waals surface area contributed by atoms with E-state index in [1.807, 2.05) is 16.4 Å². The number of hydrogen-bond acceptors (Lipinski definition) is 4. The predicted molar refractivity (Wildman–Crippen MR) is 57.3 cm³/mol. The quantitative estimate of drug-likeness (QED) is 0.529. The van der Waals surface area contributed by atoms with Gasteiger partial charge in [0.15, 0.2) is 0 Å². The molecule has 0 aliphatic carbocycles. The molecule has 0 aromatic heterocycles. The topological polar surface area (TPSA) is 38.5 Å². The van der Waals surface area contributed by atoms with Crippen LogP contribution in [0.25, 0.3) is 0 Å². The first kappa shape index (κ1) is 11.3. The van der Waals surface area contributed by atoms with E-state index in [4.69, 9.17) is 10.6 Å². The third-order valence-electron chi connectivity index (χ3n) is 2.05. The first-order chi connectivity index (χ1) is 6.43. The highest BCUT2D eigenvalue weighted by Gasteiger charge is 2.10. The van der Waals surface area contributed by atoms with Gasteiger partial charge in [0.05, 0.1) is 6.61 Å². The highest BCUT2D eigenvalue weighted by atomic mass is 32.2. The maximum atomic E-state index is 5.46. The van der Waals surface area contributed by atoms with Gasteiger partial charge in [0.1, 0.15) is 0 Å². The van der Waals surface area contributed by atoms with Gasteiger partial charge in [-0.3, -0.25) is 4.84 Å². The zero-order chi connectivity index (χ0) is 9.36. The Labute approximate surface area is 85.1 Å². The van der Waals surface area contributed by atoms with Crippen molar-refractivity contribution in [3.05, 3.63) is 0 Å². The van der Waals surface area contributed by atoms with Crippen LogP contribution < -0.4 is 5.73 Å². The lowest BCUT2D eigenvalue weighted by Crippen LogP contribution is -2.24. The monoisotopic (exact) mass is 204 g/mol. The first-order valence-corrected chi connectivity index (χ1v) is 6.11. The molecule has 0 atom stereocenters. The fraction of sp³-hybridized carbons (Fsp3) is 1.00. The molecule has 0 radical (unpaired) electrons. The third kappa shape index (κ3) is 5.52. The molecular weight excluding hydrogens is 184 g/mol. The summed E-state index contributed by atoms with van der Waals surface area (Å²) in [5.74, 6) is 1.17. The Morgan fingerprint density at radius 3 is 2.85 bits per heavy atom. The average Bonchev–Trinajstić information content (AvgIpc) is 2.19. The van der Waals surface area contributed by atoms with Gasteiger partial charge >= 0.3 is 0 Å². The van der Waals surface area contributed by atoms with Crippen molar-refractivity contribution in [1.82, 2.24) is 4.47 Å². The lowest BCUT2D eigenvalue weighted by Gasteiger charge is -2.24. The molecule has 0 spiro atoms. The van der Waals surface area contributed by atoms with Crippen LogP contribution in [0.5, 0.6) is 0 Å². The summed E-state index contributed by atoms with van der Waals surface area (Å²) in [6, 6.07) is 0. The Hall–Kier alpha value is 0.230. The fourth-order valence-corrected chi connectivity index (χ4v) is 2.21. The smallest absolute Gasteiger partial charge is 0.0696 e. The zero-order valence-electron chi connectivity index (χ0n) is 8.21. The van der Waals surface area contributed by atoms with Gasteiger partial charge in [0.2, 0.25) is 0 Å². The minimum Gasteiger partial charge on any atom is -0.330 e. The second-order valence-electron chi connectivity index (χ2n) is 3.28. The van der Waals surface area contributed by atoms with E-state index >= 15 is 0 Å². The molecule has 13 heavy (non-hydrogen) atoms. The Kier molecular flexibility index (Phi) is 6.62. The van der Waals surface area contributed by atoms with Crippen molar-refractivity contribution in [3.63, 3.8) is 0 Å². The Morgan fingerprint density at radius 1 is 1.23 bits per heavy atom. The molecule has 1 aliphatic heterocycles. The van der Waals surface area contributed by atoms with Crippen molar-refractivity contribution in [3.8, 4) is 0 Å². The minimum absolute atomic E-state index is 0.824. The maximum Gasteiger partial charge on any atom is 0.0696 e. The van der Waals surface area contributed by atoms with Crippen LogP contribution in [-0.4, -0.2) is 29.9 Å². The van der Waals surface area contributed by atoms with E-state index in [2.05, 4.69) is 0 Å². The molecule has 1 aliphatic rings. The molecule has 0 amide bonds. The second-order valence-corrected chi connectivity index (χ2v) is 4.35. The van der Waals surface area contributed by atoms with Gasteiger partial charge < -0.3 is 5.73 Å². The van der Waals surface area contributed by atoms with Crippen molar-refractivity contribution in [2.75, 3.05) is 25.4 Å². The van der Waals surface area contributed by atoms with Crippen LogP contribution in [0.4, 0.5) is 0 Å². The third-order valence-corrected chi connectivity index (χ3v) is 3.10. The molecule has 0 saturated carbocycles. The summed E-state index contributed by atoms with van der Waals surface area (Å²) < 4.78 is 2.03. The standard InChI is InChI=1S/C9H20N2OS/c10-6-2-1-5-9-13-11-7-3-4-8-12-11/h1-10H2. The van der Waals surface area contributed by atoms with Gasteiger partial charge in [-0.25, -0.2) is 0 Å². The molecule has 1 rings (SSSR count). The van der Waals surface area contributed by atoms with Gasteiger partial charge in [0, 0.05) is 12.3 Å². The number of rotatable bonds is 6. The van der Waals surface area contributed by atoms with E-state index in [1.54, 1.807) is 0 Å². The highest BCUT2D eigenvalue weighted by molar-refractivity contribution is 7.96. The van der Waals surface area contributed by atoms with Crippen molar-refractivity contribution in [1.29, 1.82) is 0 Å². The van der Waals surface area contributed by atoms with Crippen molar-refractivity contribution in [2.24, 2.45) is 5.73 Å². The SMILES string of the molecule is NCCCCCSN1CCCCO1. The van der Waals surface area contributed by atoms with E-state index in [-0.39, 0.29) is 0 Å². The summed E-state index contributed by atoms with van der Waals surface area (Å²) in [5, 5.41) is 0. The summed E-state index contributed by atoms with van der Waals surface area (Å²) >= 11 is 1.82. The molecule has 3 nitrogen and oxygen atoms in total. The maximum absolute atomic E-state index is 5.46. The molecular formula is C9H20N2OS. The fourth-order valence-electron chi connectivity index (χ4n) is 1.27. The van der Waals surface area contributed by atoms with E-state index in [0.717, 1.165) is 26.1 Å². The molecule has 4 heteroatoms. The normalized spacial score (nSPS) is 19.2. The van der Waals surface area contributed by atoms with Crippen molar-refractivity contribution >= 4 is 11.9 Å². The van der Waals surface area contributed by atoms with Crippen LogP contribution in [0.15, 0.2) is 0 Å². The van der Waals surface area contributed by atoms with E-state index in [9.17, 15) is 0 Å². The van der Waals surface area contributed by atoms with Gasteiger partial charge in [-0.1, -0.05) is 18.4 Å². The summed E-state index contributed by atoms with van der Waals surface area (Å²) in [6.45, 7) is 2.81. The van der Waals surface area contributed by atoms with Crippen molar-refractivity contribution < 1.29 is 4.84 Å². The van der Waals surface area contributed by atoms with Crippen LogP contribution in [0.3, 0.4) is 0 Å². The van der Waals surface area contributed by atoms with Gasteiger partial charge in [0.25, 0.3) is 0 Å². The number of unbranched alkanes of at least 4 members (excludes halogenated alkanes) is 2. The first-order valence-electron chi connectivity index (χ1n) is 5.17. The number of hydrogen-bond donors (Lipinski definition) is 1. The van der Waals surface area contributed by atoms with Crippen LogP contribution in [0.1, 0.15) is 32.1 Å². The Balaban J connectivity index is 1.86. The summed E-state index contributed by atoms with van der Waals surface area (Å²) in [7, 11) is 0. The minimum atomic E-state index is 0.824. The van der Waals surface area contributed by atoms with Crippen LogP contribution in [0.2, 0.25) is 0 Å². The molecule has 78 valence electrons. The van der Waals surface area contributed by atoms with Gasteiger partial charge in [-0.15, -0.1) is 4.47 Å². The molecule has 0 unspecified atom stereocenters. The van der Waals surface area contributed by atoms with Gasteiger partial charge in [-0.05, 0) is 32.2 Å². The van der Waals surface area contributed by atoms with E-state index < -0.39 is 0 Å². The van der Waals surface area contributed by atoms with Crippen LogP contribution in [-0.2, 0) is 4.84 Å². The molecule has 0 aromatic rings. The van der Waals surface area contributed by atoms with E-state index in [0.29, 0.717) is 0 Å². The van der Waals surface area contributed by atoms with Crippen LogP contribution >= 0.6 is 11.9 Å². The molecule has 1 heterocycles. The molecule has 1 saturated heterocycles. The lowest BCUT2D eigenvalue weighted by molar-refractivity contribution is -0.0996. The highest BCUT2D eigenvalue weighted by Crippen LogP contribution is 2.17. The second kappa shape index (κ2) is 7.62. The van der Waals surface area contributed by atoms with Crippen LogP contribution in [0, 0.1) is 0 Å². The lowest BCUT2D eigenvalue weighted by atomic mass is 10.2. The number of nitrogens with two attached hydrogens (primary N) is 1. The molecule has 2 N–H and O–H groups in total. The average molecular weight is 204 g/mol. The largest absolute Gasteiger partial charge is 0.330 e. The Morgan fingerprint density at radius 2 is 2.15 bits per heavy atom. The predicted octanol–water partition coefficient (Wildman–Crippen LogP) is 1.79. The summed E-state index contributed by atoms with van der Waals surface area (Å²) in [5.41, 5.74) is 5.41. The number of hydroxylamine groups is 1. The molecule has 0 aromatic carbocycles. The molecule has 1 fully saturated rings.